The van der Waals surface area contributed by atoms with E-state index in [0.717, 1.165) is 23.0 Å². The summed E-state index contributed by atoms with van der Waals surface area (Å²) in [5.41, 5.74) is 2.69. The quantitative estimate of drug-likeness (QED) is 0.343. The number of hydrogen-bond acceptors (Lipinski definition) is 3. The fraction of sp³-hybridized carbons (Fsp3) is 1.00. The zero-order valence-electron chi connectivity index (χ0n) is 17.3. The van der Waals surface area contributed by atoms with Gasteiger partial charge in [0.2, 0.25) is 0 Å². The summed E-state index contributed by atoms with van der Waals surface area (Å²) in [6.07, 6.45) is 0. The highest BCUT2D eigenvalue weighted by Gasteiger charge is 2.39. The highest BCUT2D eigenvalue weighted by atomic mass is 28.3. The van der Waals surface area contributed by atoms with Crippen molar-refractivity contribution >= 4 is 62.1 Å². The van der Waals surface area contributed by atoms with E-state index < -0.39 is 0 Å². The predicted octanol–water partition coefficient (Wildman–Crippen LogP) is 2.63. The summed E-state index contributed by atoms with van der Waals surface area (Å²) in [6, 6.07) is 7.89. The Labute approximate surface area is 171 Å². The molecule has 0 aliphatic carbocycles. The van der Waals surface area contributed by atoms with Crippen LogP contribution in [0, 0.1) is 0 Å². The molecule has 25 heavy (non-hydrogen) atoms. The van der Waals surface area contributed by atoms with Crippen molar-refractivity contribution in [2.45, 2.75) is 93.0 Å². The third kappa shape index (κ3) is 9.83. The fourth-order valence-corrected chi connectivity index (χ4v) is 15.9. The Kier molecular flexibility index (Phi) is 16.0. The van der Waals surface area contributed by atoms with Crippen LogP contribution in [0.5, 0.6) is 0 Å². The summed E-state index contributed by atoms with van der Waals surface area (Å²) < 4.78 is 0. The van der Waals surface area contributed by atoms with Crippen molar-refractivity contribution in [1.82, 2.24) is 0 Å². The lowest BCUT2D eigenvalue weighted by Crippen LogP contribution is -2.44. The van der Waals surface area contributed by atoms with Gasteiger partial charge in [0, 0.05) is 26.4 Å². The highest BCUT2D eigenvalue weighted by molar-refractivity contribution is 6.94. The molecule has 0 aromatic rings. The van der Waals surface area contributed by atoms with Gasteiger partial charge >= 0.3 is 0 Å². The van der Waals surface area contributed by atoms with E-state index in [2.05, 4.69) is 40.4 Å². The van der Waals surface area contributed by atoms with E-state index in [-0.39, 0.29) is 26.4 Å². The summed E-state index contributed by atoms with van der Waals surface area (Å²) in [6.45, 7) is 16.3. The van der Waals surface area contributed by atoms with Gasteiger partial charge in [-0.3, -0.25) is 0 Å². The third-order valence-electron chi connectivity index (χ3n) is 6.06. The summed E-state index contributed by atoms with van der Waals surface area (Å²) in [7, 11) is 0.954. The number of hydrogen-bond donors (Lipinski definition) is 3. The van der Waals surface area contributed by atoms with Gasteiger partial charge in [-0.05, 0) is 18.1 Å². The van der Waals surface area contributed by atoms with Crippen molar-refractivity contribution in [3.63, 3.8) is 0 Å². The summed E-state index contributed by atoms with van der Waals surface area (Å²) in [4.78, 5) is 0. The molecular formula is C15H39BN3Si6. The van der Waals surface area contributed by atoms with Crippen molar-refractivity contribution in [2.24, 2.45) is 16.2 Å². The molecule has 3 atom stereocenters. The fourth-order valence-electron chi connectivity index (χ4n) is 3.78. The van der Waals surface area contributed by atoms with E-state index in [1.807, 2.05) is 0 Å². The zero-order chi connectivity index (χ0) is 19.4. The third-order valence-corrected chi connectivity index (χ3v) is 18.1. The zero-order valence-corrected chi connectivity index (χ0v) is 23.3. The minimum Gasteiger partial charge on any atom is -0.353 e. The molecule has 0 spiro atoms. The SMILES string of the molecule is CC(B(C(C)[Si](C)CC[Si]N)C(C)[Si](C)CC[Si]N)[Si](C)CC[Si]N. The van der Waals surface area contributed by atoms with E-state index >= 15 is 0 Å². The molecule has 0 amide bonds. The Balaban J connectivity index is 5.19. The minimum absolute atomic E-state index is 0.310. The Morgan fingerprint density at radius 2 is 0.880 bits per heavy atom. The van der Waals surface area contributed by atoms with Crippen molar-refractivity contribution in [3.05, 3.63) is 0 Å². The molecule has 0 aliphatic rings. The van der Waals surface area contributed by atoms with Crippen molar-refractivity contribution in [3.8, 4) is 0 Å². The number of nitrogens with two attached hydrogens (primary N) is 3. The van der Waals surface area contributed by atoms with Gasteiger partial charge < -0.3 is 16.2 Å². The van der Waals surface area contributed by atoms with Gasteiger partial charge in [0.25, 0.3) is 0 Å². The average molecular weight is 441 g/mol. The summed E-state index contributed by atoms with van der Waals surface area (Å²) in [5.74, 6) is 0. The Morgan fingerprint density at radius 1 is 0.640 bits per heavy atom. The maximum Gasteiger partial charge on any atom is 0.139 e. The molecule has 141 valence electrons. The first-order chi connectivity index (χ1) is 11.8. The van der Waals surface area contributed by atoms with Gasteiger partial charge in [-0.15, -0.1) is 0 Å². The van der Waals surface area contributed by atoms with E-state index in [1.165, 1.54) is 36.3 Å². The van der Waals surface area contributed by atoms with Crippen LogP contribution >= 0.6 is 0 Å². The predicted molar refractivity (Wildman–Crippen MR) is 128 cm³/mol. The van der Waals surface area contributed by atoms with Gasteiger partial charge in [-0.1, -0.05) is 74.9 Å². The van der Waals surface area contributed by atoms with Crippen molar-refractivity contribution in [1.29, 1.82) is 0 Å². The van der Waals surface area contributed by atoms with Gasteiger partial charge in [0.1, 0.15) is 35.8 Å². The lowest BCUT2D eigenvalue weighted by Gasteiger charge is -2.39. The van der Waals surface area contributed by atoms with Crippen LogP contribution in [0.15, 0.2) is 0 Å². The number of rotatable bonds is 15. The summed E-state index contributed by atoms with van der Waals surface area (Å²) in [5, 5.41) is 17.4. The molecule has 0 heterocycles. The Hall–Kier alpha value is 1.25. The molecule has 0 bridgehead atoms. The molecule has 3 nitrogen and oxygen atoms in total. The lowest BCUT2D eigenvalue weighted by atomic mass is 9.42. The molecule has 0 aromatic carbocycles. The highest BCUT2D eigenvalue weighted by Crippen LogP contribution is 2.38. The molecule has 0 saturated heterocycles. The van der Waals surface area contributed by atoms with E-state index in [9.17, 15) is 0 Å². The first kappa shape index (κ1) is 26.2. The van der Waals surface area contributed by atoms with Crippen LogP contribution in [0.4, 0.5) is 0 Å². The molecule has 0 aromatic heterocycles. The summed E-state index contributed by atoms with van der Waals surface area (Å²) >= 11 is 0. The second-order valence-corrected chi connectivity index (χ2v) is 19.6. The standard InChI is InChI=1S/C15H39BN3Si6/c1-13(23(4)10-7-20-17)16(14(2)24(5)11-8-21-18)15(3)25(6)12-9-22-19/h13-15H,7-12,17-19H2,1-6H3. The lowest BCUT2D eigenvalue weighted by molar-refractivity contribution is 1.04. The van der Waals surface area contributed by atoms with E-state index in [4.69, 9.17) is 16.2 Å². The van der Waals surface area contributed by atoms with Crippen LogP contribution in [0.1, 0.15) is 20.8 Å². The van der Waals surface area contributed by atoms with Crippen LogP contribution in [0.25, 0.3) is 0 Å². The Bertz CT molecular complexity index is 284. The first-order valence-electron chi connectivity index (χ1n) is 9.59. The molecular weight excluding hydrogens is 402 g/mol. The Morgan fingerprint density at radius 3 is 1.08 bits per heavy atom. The average Bonchev–Trinajstić information content (AvgIpc) is 2.61. The molecule has 0 saturated carbocycles. The van der Waals surface area contributed by atoms with Crippen LogP contribution in [0.3, 0.4) is 0 Å². The minimum atomic E-state index is -0.310. The van der Waals surface area contributed by atoms with Crippen LogP contribution in [-0.4, -0.2) is 62.1 Å². The van der Waals surface area contributed by atoms with Gasteiger partial charge in [0.05, 0.1) is 0 Å². The van der Waals surface area contributed by atoms with Crippen molar-refractivity contribution < 1.29 is 0 Å². The maximum atomic E-state index is 5.81. The molecule has 0 fully saturated rings. The first-order valence-corrected chi connectivity index (χ1v) is 20.3. The second kappa shape index (κ2) is 15.2. The molecule has 10 heteroatoms. The van der Waals surface area contributed by atoms with Gasteiger partial charge in [-0.2, -0.15) is 0 Å². The van der Waals surface area contributed by atoms with Gasteiger partial charge in [-0.25, -0.2) is 0 Å². The molecule has 3 unspecified atom stereocenters. The monoisotopic (exact) mass is 440 g/mol. The van der Waals surface area contributed by atoms with Gasteiger partial charge in [0.15, 0.2) is 0 Å². The van der Waals surface area contributed by atoms with E-state index in [0.29, 0.717) is 29.0 Å². The molecule has 9 radical (unpaired) electrons. The topological polar surface area (TPSA) is 78.1 Å². The smallest absolute Gasteiger partial charge is 0.139 e. The van der Waals surface area contributed by atoms with Crippen LogP contribution < -0.4 is 16.2 Å². The molecule has 0 aliphatic heterocycles. The second-order valence-electron chi connectivity index (χ2n) is 7.59. The van der Waals surface area contributed by atoms with E-state index in [1.54, 1.807) is 0 Å². The van der Waals surface area contributed by atoms with Crippen LogP contribution in [0.2, 0.25) is 72.2 Å². The maximum absolute atomic E-state index is 5.81. The largest absolute Gasteiger partial charge is 0.353 e. The molecule has 0 rings (SSSR count). The van der Waals surface area contributed by atoms with Crippen molar-refractivity contribution in [2.75, 3.05) is 0 Å². The molecule has 6 N–H and O–H groups in total. The normalized spacial score (nSPS) is 15.8. The van der Waals surface area contributed by atoms with Crippen LogP contribution in [-0.2, 0) is 0 Å².